The first-order chi connectivity index (χ1) is 9.23. The Labute approximate surface area is 121 Å². The van der Waals surface area contributed by atoms with E-state index in [1.54, 1.807) is 11.9 Å². The van der Waals surface area contributed by atoms with E-state index in [-0.39, 0.29) is 17.9 Å². The largest absolute Gasteiger partial charge is 0.444 e. The summed E-state index contributed by atoms with van der Waals surface area (Å²) in [6, 6.07) is 0. The van der Waals surface area contributed by atoms with Crippen molar-refractivity contribution in [3.05, 3.63) is 12.7 Å². The van der Waals surface area contributed by atoms with E-state index >= 15 is 0 Å². The molecule has 1 saturated heterocycles. The average molecular weight is 282 g/mol. The van der Waals surface area contributed by atoms with Crippen LogP contribution in [0.15, 0.2) is 12.7 Å². The van der Waals surface area contributed by atoms with Crippen LogP contribution in [-0.2, 0) is 9.53 Å². The lowest BCUT2D eigenvalue weighted by atomic mass is 10.1. The second kappa shape index (κ2) is 6.77. The van der Waals surface area contributed by atoms with E-state index in [0.29, 0.717) is 19.5 Å². The second-order valence-electron chi connectivity index (χ2n) is 6.30. The van der Waals surface area contributed by atoms with Gasteiger partial charge in [-0.3, -0.25) is 4.79 Å². The van der Waals surface area contributed by atoms with Crippen molar-refractivity contribution in [1.29, 1.82) is 0 Å². The number of nitrogens with zero attached hydrogens (tertiary/aromatic N) is 2. The Morgan fingerprint density at radius 1 is 1.55 bits per heavy atom. The fourth-order valence-corrected chi connectivity index (χ4v) is 2.11. The van der Waals surface area contributed by atoms with Gasteiger partial charge in [0.1, 0.15) is 5.60 Å². The van der Waals surface area contributed by atoms with E-state index in [9.17, 15) is 9.59 Å². The number of carbonyl (C=O) groups is 2. The summed E-state index contributed by atoms with van der Waals surface area (Å²) in [6.07, 6.45) is 2.83. The van der Waals surface area contributed by atoms with E-state index in [1.807, 2.05) is 31.7 Å². The Morgan fingerprint density at radius 2 is 2.20 bits per heavy atom. The molecular formula is C15H26N2O3. The van der Waals surface area contributed by atoms with Crippen LogP contribution >= 0.6 is 0 Å². The van der Waals surface area contributed by atoms with Gasteiger partial charge in [0.25, 0.3) is 0 Å². The fourth-order valence-electron chi connectivity index (χ4n) is 2.11. The van der Waals surface area contributed by atoms with Crippen LogP contribution in [0.5, 0.6) is 0 Å². The zero-order chi connectivity index (χ0) is 15.3. The van der Waals surface area contributed by atoms with Crippen LogP contribution in [0.3, 0.4) is 0 Å². The molecule has 0 spiro atoms. The lowest BCUT2D eigenvalue weighted by Crippen LogP contribution is -2.36. The molecule has 1 fully saturated rings. The molecule has 0 aromatic heterocycles. The van der Waals surface area contributed by atoms with Crippen LogP contribution in [-0.4, -0.2) is 54.1 Å². The van der Waals surface area contributed by atoms with Gasteiger partial charge in [-0.05, 0) is 27.2 Å². The van der Waals surface area contributed by atoms with Crippen LogP contribution < -0.4 is 0 Å². The molecule has 5 nitrogen and oxygen atoms in total. The van der Waals surface area contributed by atoms with Crippen molar-refractivity contribution in [2.75, 3.05) is 26.7 Å². The van der Waals surface area contributed by atoms with Crippen LogP contribution in [0.1, 0.15) is 33.6 Å². The zero-order valence-corrected chi connectivity index (χ0v) is 13.0. The molecular weight excluding hydrogens is 256 g/mol. The molecule has 0 bridgehead atoms. The van der Waals surface area contributed by atoms with Gasteiger partial charge in [-0.15, -0.1) is 6.58 Å². The SMILES string of the molecule is C=CC1CC(=O)N(CCCN(C)C(=O)OC(C)(C)C)C1. The molecule has 1 heterocycles. The first kappa shape index (κ1) is 16.5. The maximum atomic E-state index is 11.8. The van der Waals surface area contributed by atoms with Crippen molar-refractivity contribution < 1.29 is 14.3 Å². The van der Waals surface area contributed by atoms with Crippen molar-refractivity contribution in [2.45, 2.75) is 39.2 Å². The molecule has 0 N–H and O–H groups in total. The molecule has 0 saturated carbocycles. The van der Waals surface area contributed by atoms with Crippen LogP contribution in [0, 0.1) is 5.92 Å². The van der Waals surface area contributed by atoms with Crippen molar-refractivity contribution in [2.24, 2.45) is 5.92 Å². The van der Waals surface area contributed by atoms with E-state index in [4.69, 9.17) is 4.74 Å². The standard InChI is InChI=1S/C15H26N2O3/c1-6-12-10-13(18)17(11-12)9-7-8-16(5)14(19)20-15(2,3)4/h6,12H,1,7-11H2,2-5H3. The minimum Gasteiger partial charge on any atom is -0.444 e. The third-order valence-electron chi connectivity index (χ3n) is 3.20. The summed E-state index contributed by atoms with van der Waals surface area (Å²) in [6.45, 7) is 11.3. The van der Waals surface area contributed by atoms with Crippen LogP contribution in [0.4, 0.5) is 4.79 Å². The highest BCUT2D eigenvalue weighted by Crippen LogP contribution is 2.18. The summed E-state index contributed by atoms with van der Waals surface area (Å²) in [5.74, 6) is 0.445. The summed E-state index contributed by atoms with van der Waals surface area (Å²) in [7, 11) is 1.71. The molecule has 5 heteroatoms. The number of likely N-dealkylation sites (tertiary alicyclic amines) is 1. The first-order valence-corrected chi connectivity index (χ1v) is 7.07. The summed E-state index contributed by atoms with van der Waals surface area (Å²) < 4.78 is 5.27. The van der Waals surface area contributed by atoms with Crippen molar-refractivity contribution in [3.63, 3.8) is 0 Å². The smallest absolute Gasteiger partial charge is 0.410 e. The second-order valence-corrected chi connectivity index (χ2v) is 6.30. The average Bonchev–Trinajstić information content (AvgIpc) is 2.68. The third kappa shape index (κ3) is 5.23. The van der Waals surface area contributed by atoms with Gasteiger partial charge >= 0.3 is 6.09 Å². The molecule has 1 aliphatic heterocycles. The quantitative estimate of drug-likeness (QED) is 0.727. The van der Waals surface area contributed by atoms with Gasteiger partial charge < -0.3 is 14.5 Å². The molecule has 1 rings (SSSR count). The molecule has 1 unspecified atom stereocenters. The predicted molar refractivity (Wildman–Crippen MR) is 78.4 cm³/mol. The molecule has 0 aliphatic carbocycles. The highest BCUT2D eigenvalue weighted by atomic mass is 16.6. The Morgan fingerprint density at radius 3 is 2.70 bits per heavy atom. The minimum absolute atomic E-state index is 0.176. The topological polar surface area (TPSA) is 49.9 Å². The minimum atomic E-state index is -0.479. The number of hydrogen-bond acceptors (Lipinski definition) is 3. The Balaban J connectivity index is 2.28. The van der Waals surface area contributed by atoms with Crippen LogP contribution in [0.2, 0.25) is 0 Å². The van der Waals surface area contributed by atoms with Gasteiger partial charge in [0.2, 0.25) is 5.91 Å². The van der Waals surface area contributed by atoms with E-state index in [1.165, 1.54) is 0 Å². The van der Waals surface area contributed by atoms with Gasteiger partial charge in [-0.25, -0.2) is 4.79 Å². The molecule has 2 amide bonds. The fraction of sp³-hybridized carbons (Fsp3) is 0.733. The normalized spacial score (nSPS) is 19.1. The maximum absolute atomic E-state index is 11.8. The van der Waals surface area contributed by atoms with E-state index in [2.05, 4.69) is 6.58 Å². The van der Waals surface area contributed by atoms with Gasteiger partial charge in [-0.1, -0.05) is 6.08 Å². The summed E-state index contributed by atoms with van der Waals surface area (Å²) >= 11 is 0. The zero-order valence-electron chi connectivity index (χ0n) is 13.0. The molecule has 1 atom stereocenters. The van der Waals surface area contributed by atoms with E-state index in [0.717, 1.165) is 13.0 Å². The Kier molecular flexibility index (Phi) is 5.60. The van der Waals surface area contributed by atoms with Gasteiger partial charge in [0.05, 0.1) is 0 Å². The lowest BCUT2D eigenvalue weighted by molar-refractivity contribution is -0.127. The Bertz CT molecular complexity index is 374. The van der Waals surface area contributed by atoms with Gasteiger partial charge in [0.15, 0.2) is 0 Å². The monoisotopic (exact) mass is 282 g/mol. The summed E-state index contributed by atoms with van der Waals surface area (Å²) in [5, 5.41) is 0. The van der Waals surface area contributed by atoms with Crippen molar-refractivity contribution >= 4 is 12.0 Å². The number of hydrogen-bond donors (Lipinski definition) is 0. The predicted octanol–water partition coefficient (Wildman–Crippen LogP) is 2.28. The van der Waals surface area contributed by atoms with Crippen LogP contribution in [0.25, 0.3) is 0 Å². The third-order valence-corrected chi connectivity index (χ3v) is 3.20. The number of carbonyl (C=O) groups excluding carboxylic acids is 2. The van der Waals surface area contributed by atoms with Crippen molar-refractivity contribution in [1.82, 2.24) is 9.80 Å². The molecule has 0 aromatic rings. The Hall–Kier alpha value is -1.52. The highest BCUT2D eigenvalue weighted by molar-refractivity contribution is 5.78. The number of amides is 2. The van der Waals surface area contributed by atoms with Gasteiger partial charge in [-0.2, -0.15) is 0 Å². The molecule has 20 heavy (non-hydrogen) atoms. The van der Waals surface area contributed by atoms with Crippen molar-refractivity contribution in [3.8, 4) is 0 Å². The maximum Gasteiger partial charge on any atom is 0.410 e. The summed E-state index contributed by atoms with van der Waals surface area (Å²) in [4.78, 5) is 26.9. The lowest BCUT2D eigenvalue weighted by Gasteiger charge is -2.25. The highest BCUT2D eigenvalue weighted by Gasteiger charge is 2.27. The molecule has 0 radical (unpaired) electrons. The summed E-state index contributed by atoms with van der Waals surface area (Å²) in [5.41, 5.74) is -0.479. The number of ether oxygens (including phenoxy) is 1. The van der Waals surface area contributed by atoms with E-state index < -0.39 is 5.60 Å². The molecule has 0 aromatic carbocycles. The molecule has 1 aliphatic rings. The molecule has 114 valence electrons. The first-order valence-electron chi connectivity index (χ1n) is 7.07. The van der Waals surface area contributed by atoms with Gasteiger partial charge in [0, 0.05) is 39.0 Å². The number of rotatable bonds is 5.